The van der Waals surface area contributed by atoms with Gasteiger partial charge >= 0.3 is 5.38 Å². The first kappa shape index (κ1) is 12.4. The largest absolute Gasteiger partial charge is 0.354 e. The molecule has 0 amide bonds. The standard InChI is InChI=1S/C7Cl2F6/c8-2-3(10)1(7(9,14)15)4(11)6(13)5(2)12. The van der Waals surface area contributed by atoms with Crippen LogP contribution in [0, 0.1) is 23.3 Å². The summed E-state index contributed by atoms with van der Waals surface area (Å²) in [6.07, 6.45) is 0. The molecule has 0 radical (unpaired) electrons. The predicted molar refractivity (Wildman–Crippen MR) is 41.0 cm³/mol. The van der Waals surface area contributed by atoms with Crippen LogP contribution in [0.15, 0.2) is 0 Å². The first-order valence-electron chi connectivity index (χ1n) is 3.26. The van der Waals surface area contributed by atoms with Crippen LogP contribution >= 0.6 is 23.2 Å². The van der Waals surface area contributed by atoms with Crippen molar-refractivity contribution in [2.24, 2.45) is 0 Å². The molecule has 0 atom stereocenters. The van der Waals surface area contributed by atoms with E-state index in [0.717, 1.165) is 0 Å². The van der Waals surface area contributed by atoms with Crippen molar-refractivity contribution < 1.29 is 26.3 Å². The van der Waals surface area contributed by atoms with Gasteiger partial charge < -0.3 is 0 Å². The smallest absolute Gasteiger partial charge is 0.205 e. The molecule has 1 aromatic rings. The van der Waals surface area contributed by atoms with E-state index in [9.17, 15) is 26.3 Å². The summed E-state index contributed by atoms with van der Waals surface area (Å²) in [7, 11) is 0. The van der Waals surface area contributed by atoms with E-state index in [1.807, 2.05) is 0 Å². The molecule has 8 heteroatoms. The van der Waals surface area contributed by atoms with E-state index in [4.69, 9.17) is 11.6 Å². The zero-order chi connectivity index (χ0) is 12.0. The lowest BCUT2D eigenvalue weighted by Crippen LogP contribution is -2.13. The number of rotatable bonds is 1. The van der Waals surface area contributed by atoms with Gasteiger partial charge in [0.1, 0.15) is 10.6 Å². The highest BCUT2D eigenvalue weighted by Gasteiger charge is 2.39. The fourth-order valence-corrected chi connectivity index (χ4v) is 1.20. The fraction of sp³-hybridized carbons (Fsp3) is 0.143. The SMILES string of the molecule is Fc1c(F)c(Cl)c(F)c(C(F)(F)Cl)c1F. The molecule has 0 spiro atoms. The second-order valence-corrected chi connectivity index (χ2v) is 3.30. The minimum atomic E-state index is -4.52. The van der Waals surface area contributed by atoms with E-state index >= 15 is 0 Å². The van der Waals surface area contributed by atoms with Crippen LogP contribution < -0.4 is 0 Å². The molecule has 0 N–H and O–H groups in total. The van der Waals surface area contributed by atoms with Crippen molar-refractivity contribution >= 4 is 23.2 Å². The molecule has 1 aromatic carbocycles. The van der Waals surface area contributed by atoms with Gasteiger partial charge in [-0.3, -0.25) is 0 Å². The Balaban J connectivity index is 3.68. The minimum Gasteiger partial charge on any atom is -0.205 e. The number of hydrogen-bond donors (Lipinski definition) is 0. The van der Waals surface area contributed by atoms with Crippen molar-refractivity contribution in [3.8, 4) is 0 Å². The maximum absolute atomic E-state index is 12.9. The highest BCUT2D eigenvalue weighted by molar-refractivity contribution is 6.31. The van der Waals surface area contributed by atoms with Crippen molar-refractivity contribution in [1.29, 1.82) is 0 Å². The fourth-order valence-electron chi connectivity index (χ4n) is 0.854. The van der Waals surface area contributed by atoms with Crippen LogP contribution in [0.25, 0.3) is 0 Å². The van der Waals surface area contributed by atoms with Crippen LogP contribution in [0.5, 0.6) is 0 Å². The Labute approximate surface area is 89.4 Å². The van der Waals surface area contributed by atoms with Gasteiger partial charge in [0.2, 0.25) is 0 Å². The molecule has 15 heavy (non-hydrogen) atoms. The van der Waals surface area contributed by atoms with Gasteiger partial charge in [0, 0.05) is 0 Å². The lowest BCUT2D eigenvalue weighted by atomic mass is 10.2. The van der Waals surface area contributed by atoms with Crippen LogP contribution in [0.3, 0.4) is 0 Å². The first-order valence-corrected chi connectivity index (χ1v) is 4.02. The lowest BCUT2D eigenvalue weighted by molar-refractivity contribution is 0.0844. The van der Waals surface area contributed by atoms with E-state index in [0.29, 0.717) is 0 Å². The van der Waals surface area contributed by atoms with E-state index in [-0.39, 0.29) is 0 Å². The maximum atomic E-state index is 12.9. The van der Waals surface area contributed by atoms with Gasteiger partial charge in [0.05, 0.1) is 0 Å². The van der Waals surface area contributed by atoms with Crippen molar-refractivity contribution in [1.82, 2.24) is 0 Å². The van der Waals surface area contributed by atoms with Crippen LogP contribution in [-0.2, 0) is 5.38 Å². The normalized spacial score (nSPS) is 12.0. The van der Waals surface area contributed by atoms with Crippen LogP contribution in [0.2, 0.25) is 5.02 Å². The summed E-state index contributed by atoms with van der Waals surface area (Å²) in [5, 5.41) is -6.10. The molecule has 0 saturated heterocycles. The zero-order valence-corrected chi connectivity index (χ0v) is 8.04. The zero-order valence-electron chi connectivity index (χ0n) is 6.52. The molecular formula is C7Cl2F6. The quantitative estimate of drug-likeness (QED) is 0.310. The van der Waals surface area contributed by atoms with Crippen molar-refractivity contribution in [2.75, 3.05) is 0 Å². The van der Waals surface area contributed by atoms with Gasteiger partial charge in [0.15, 0.2) is 23.3 Å². The Morgan fingerprint density at radius 2 is 1.27 bits per heavy atom. The Kier molecular flexibility index (Phi) is 3.11. The van der Waals surface area contributed by atoms with E-state index in [1.165, 1.54) is 0 Å². The molecule has 84 valence electrons. The van der Waals surface area contributed by atoms with Gasteiger partial charge in [-0.25, -0.2) is 17.6 Å². The first-order chi connectivity index (χ1) is 6.68. The number of halogens is 8. The summed E-state index contributed by atoms with van der Waals surface area (Å²) in [5.74, 6) is -8.93. The second-order valence-electron chi connectivity index (χ2n) is 2.44. The van der Waals surface area contributed by atoms with Crippen molar-refractivity contribution in [3.63, 3.8) is 0 Å². The number of alkyl halides is 3. The summed E-state index contributed by atoms with van der Waals surface area (Å²) < 4.78 is 75.5. The van der Waals surface area contributed by atoms with Crippen LogP contribution in [-0.4, -0.2) is 0 Å². The van der Waals surface area contributed by atoms with Gasteiger partial charge in [-0.05, 0) is 11.6 Å². The molecule has 0 heterocycles. The molecule has 0 unspecified atom stereocenters. The summed E-state index contributed by atoms with van der Waals surface area (Å²) in [6.45, 7) is 0. The summed E-state index contributed by atoms with van der Waals surface area (Å²) >= 11 is 9.12. The Bertz CT molecular complexity index is 382. The Morgan fingerprint density at radius 3 is 1.67 bits per heavy atom. The summed E-state index contributed by atoms with van der Waals surface area (Å²) in [6, 6.07) is 0. The average molecular weight is 269 g/mol. The number of benzene rings is 1. The molecule has 0 aliphatic rings. The monoisotopic (exact) mass is 268 g/mol. The van der Waals surface area contributed by atoms with Gasteiger partial charge in [-0.2, -0.15) is 8.78 Å². The topological polar surface area (TPSA) is 0 Å². The van der Waals surface area contributed by atoms with Crippen LogP contribution in [0.1, 0.15) is 5.56 Å². The Morgan fingerprint density at radius 1 is 0.800 bits per heavy atom. The van der Waals surface area contributed by atoms with Gasteiger partial charge in [-0.15, -0.1) is 0 Å². The molecule has 0 nitrogen and oxygen atoms in total. The molecule has 0 bridgehead atoms. The average Bonchev–Trinajstić information content (AvgIpc) is 2.09. The van der Waals surface area contributed by atoms with E-state index in [1.54, 1.807) is 0 Å². The molecule has 0 saturated carbocycles. The van der Waals surface area contributed by atoms with Crippen LogP contribution in [0.4, 0.5) is 26.3 Å². The molecule has 0 aliphatic heterocycles. The molecule has 1 rings (SSSR count). The second kappa shape index (κ2) is 3.75. The Hall–Kier alpha value is -0.620. The molecule has 0 aromatic heterocycles. The van der Waals surface area contributed by atoms with E-state index < -0.39 is 39.2 Å². The predicted octanol–water partition coefficient (Wildman–Crippen LogP) is 4.18. The molecule has 0 fully saturated rings. The van der Waals surface area contributed by atoms with Crippen molar-refractivity contribution in [3.05, 3.63) is 33.9 Å². The van der Waals surface area contributed by atoms with Gasteiger partial charge in [0.25, 0.3) is 0 Å². The lowest BCUT2D eigenvalue weighted by Gasteiger charge is -2.12. The molecule has 0 aliphatic carbocycles. The number of hydrogen-bond acceptors (Lipinski definition) is 0. The molecular weight excluding hydrogens is 269 g/mol. The minimum absolute atomic E-state index is 1.58. The summed E-state index contributed by atoms with van der Waals surface area (Å²) in [5.41, 5.74) is -2.12. The summed E-state index contributed by atoms with van der Waals surface area (Å²) in [4.78, 5) is 0. The maximum Gasteiger partial charge on any atom is 0.354 e. The van der Waals surface area contributed by atoms with Gasteiger partial charge in [-0.1, -0.05) is 11.6 Å². The third kappa shape index (κ3) is 2.01. The highest BCUT2D eigenvalue weighted by Crippen LogP contribution is 2.40. The third-order valence-electron chi connectivity index (χ3n) is 1.49. The van der Waals surface area contributed by atoms with Crippen molar-refractivity contribution in [2.45, 2.75) is 5.38 Å². The third-order valence-corrected chi connectivity index (χ3v) is 2.01. The van der Waals surface area contributed by atoms with E-state index in [2.05, 4.69) is 11.6 Å². The highest BCUT2D eigenvalue weighted by atomic mass is 35.5.